The van der Waals surface area contributed by atoms with E-state index in [-0.39, 0.29) is 11.7 Å². The largest absolute Gasteiger partial charge is 0.381 e. The molecule has 3 aliphatic rings. The molecular formula is C30H37N5O3. The summed E-state index contributed by atoms with van der Waals surface area (Å²) in [4.78, 5) is 35.4. The lowest BCUT2D eigenvalue weighted by molar-refractivity contribution is 0.0699. The number of aromatic nitrogens is 3. The summed E-state index contributed by atoms with van der Waals surface area (Å²) in [5.74, 6) is 1.67. The Morgan fingerprint density at radius 2 is 1.71 bits per heavy atom. The van der Waals surface area contributed by atoms with E-state index in [2.05, 4.69) is 10.6 Å². The number of amides is 1. The highest BCUT2D eigenvalue weighted by Crippen LogP contribution is 2.29. The third kappa shape index (κ3) is 5.75. The minimum atomic E-state index is -0.0309. The molecule has 0 radical (unpaired) electrons. The van der Waals surface area contributed by atoms with E-state index in [0.29, 0.717) is 47.0 Å². The van der Waals surface area contributed by atoms with Gasteiger partial charge in [0.25, 0.3) is 5.91 Å². The molecule has 8 heteroatoms. The van der Waals surface area contributed by atoms with E-state index in [9.17, 15) is 9.59 Å². The van der Waals surface area contributed by atoms with Crippen LogP contribution in [0.4, 0.5) is 5.82 Å². The van der Waals surface area contributed by atoms with E-state index >= 15 is 0 Å². The fourth-order valence-corrected chi connectivity index (χ4v) is 5.69. The summed E-state index contributed by atoms with van der Waals surface area (Å²) in [7, 11) is 0. The molecule has 1 amide bonds. The fourth-order valence-electron chi connectivity index (χ4n) is 5.69. The quantitative estimate of drug-likeness (QED) is 0.376. The molecule has 1 aliphatic heterocycles. The van der Waals surface area contributed by atoms with Crippen molar-refractivity contribution >= 4 is 23.2 Å². The number of Topliss-reactive ketones (excluding diaryl/α,β-unsaturated/α-hetero) is 1. The number of hydrogen-bond acceptors (Lipinski definition) is 6. The Bertz CT molecular complexity index is 1290. The highest BCUT2D eigenvalue weighted by molar-refractivity contribution is 5.96. The van der Waals surface area contributed by atoms with Crippen LogP contribution in [-0.2, 0) is 4.74 Å². The van der Waals surface area contributed by atoms with Gasteiger partial charge < -0.3 is 15.4 Å². The first-order valence-electron chi connectivity index (χ1n) is 14.3. The van der Waals surface area contributed by atoms with Crippen LogP contribution in [0.5, 0.6) is 0 Å². The third-order valence-electron chi connectivity index (χ3n) is 8.23. The minimum Gasteiger partial charge on any atom is -0.381 e. The van der Waals surface area contributed by atoms with Crippen molar-refractivity contribution in [2.75, 3.05) is 25.1 Å². The number of carbonyl (C=O) groups excluding carboxylic acids is 2. The number of imidazole rings is 1. The summed E-state index contributed by atoms with van der Waals surface area (Å²) in [6.45, 7) is 2.36. The van der Waals surface area contributed by atoms with Crippen molar-refractivity contribution in [3.63, 3.8) is 0 Å². The van der Waals surface area contributed by atoms with Crippen LogP contribution >= 0.6 is 0 Å². The van der Waals surface area contributed by atoms with Gasteiger partial charge in [0.05, 0.1) is 11.9 Å². The van der Waals surface area contributed by atoms with E-state index in [0.717, 1.165) is 69.5 Å². The summed E-state index contributed by atoms with van der Waals surface area (Å²) < 4.78 is 7.49. The van der Waals surface area contributed by atoms with Crippen molar-refractivity contribution in [1.29, 1.82) is 0 Å². The van der Waals surface area contributed by atoms with Crippen molar-refractivity contribution in [2.24, 2.45) is 11.8 Å². The summed E-state index contributed by atoms with van der Waals surface area (Å²) >= 11 is 0. The van der Waals surface area contributed by atoms with Crippen LogP contribution in [0.15, 0.2) is 36.7 Å². The van der Waals surface area contributed by atoms with Crippen molar-refractivity contribution in [3.8, 4) is 11.3 Å². The second-order valence-corrected chi connectivity index (χ2v) is 11.2. The third-order valence-corrected chi connectivity index (χ3v) is 8.23. The van der Waals surface area contributed by atoms with E-state index < -0.39 is 0 Å². The number of ketones is 1. The molecule has 0 bridgehead atoms. The first-order chi connectivity index (χ1) is 18.6. The van der Waals surface area contributed by atoms with Gasteiger partial charge in [-0.25, -0.2) is 9.97 Å². The van der Waals surface area contributed by atoms with Gasteiger partial charge in [-0.2, -0.15) is 0 Å². The molecule has 2 saturated carbocycles. The summed E-state index contributed by atoms with van der Waals surface area (Å²) in [5.41, 5.74) is 3.65. The SMILES string of the molecule is O=C(NC1CC1)c1ccc(-c2cnc3c(NCC4CCOCC4)nc(C(=O)CC4CCCCC4)cn23)cc1. The lowest BCUT2D eigenvalue weighted by atomic mass is 9.85. The molecule has 8 nitrogen and oxygen atoms in total. The van der Waals surface area contributed by atoms with Crippen LogP contribution in [0.25, 0.3) is 16.9 Å². The number of hydrogen-bond donors (Lipinski definition) is 2. The van der Waals surface area contributed by atoms with Gasteiger partial charge in [-0.3, -0.25) is 14.0 Å². The molecule has 6 rings (SSSR count). The maximum atomic E-state index is 13.4. The molecule has 1 saturated heterocycles. The van der Waals surface area contributed by atoms with Gasteiger partial charge in [0.15, 0.2) is 17.2 Å². The maximum absolute atomic E-state index is 13.4. The molecular weight excluding hydrogens is 478 g/mol. The zero-order chi connectivity index (χ0) is 25.9. The number of anilines is 1. The number of carbonyl (C=O) groups is 2. The van der Waals surface area contributed by atoms with E-state index in [1.807, 2.05) is 41.1 Å². The Hall–Kier alpha value is -3.26. The molecule has 38 heavy (non-hydrogen) atoms. The van der Waals surface area contributed by atoms with Gasteiger partial charge >= 0.3 is 0 Å². The fraction of sp³-hybridized carbons (Fsp3) is 0.533. The Labute approximate surface area is 223 Å². The molecule has 3 heterocycles. The van der Waals surface area contributed by atoms with E-state index in [1.165, 1.54) is 19.3 Å². The zero-order valence-corrected chi connectivity index (χ0v) is 22.0. The maximum Gasteiger partial charge on any atom is 0.251 e. The van der Waals surface area contributed by atoms with Gasteiger partial charge in [-0.15, -0.1) is 0 Å². The first-order valence-corrected chi connectivity index (χ1v) is 14.3. The van der Waals surface area contributed by atoms with Crippen LogP contribution in [0.2, 0.25) is 0 Å². The molecule has 2 aromatic heterocycles. The molecule has 1 aromatic carbocycles. The summed E-state index contributed by atoms with van der Waals surface area (Å²) in [6.07, 6.45) is 14.3. The van der Waals surface area contributed by atoms with Crippen LogP contribution in [-0.4, -0.2) is 51.9 Å². The standard InChI is InChI=1S/C30H37N5O3/c36-27(16-20-4-2-1-3-5-20)25-19-35-26(22-6-8-23(9-7-22)30(37)33-24-10-11-24)18-32-29(35)28(34-25)31-17-21-12-14-38-15-13-21/h6-9,18-21,24H,1-5,10-17H2,(H,31,34)(H,33,37). The van der Waals surface area contributed by atoms with Gasteiger partial charge in [-0.1, -0.05) is 44.2 Å². The second kappa shape index (κ2) is 11.2. The highest BCUT2D eigenvalue weighted by atomic mass is 16.5. The smallest absolute Gasteiger partial charge is 0.251 e. The number of fused-ring (bicyclic) bond motifs is 1. The molecule has 2 N–H and O–H groups in total. The number of benzene rings is 1. The van der Waals surface area contributed by atoms with Crippen LogP contribution in [0.1, 0.15) is 85.1 Å². The second-order valence-electron chi connectivity index (χ2n) is 11.2. The van der Waals surface area contributed by atoms with Crippen molar-refractivity contribution < 1.29 is 14.3 Å². The average Bonchev–Trinajstić information content (AvgIpc) is 3.67. The van der Waals surface area contributed by atoms with Gasteiger partial charge in [0, 0.05) is 49.5 Å². The predicted octanol–water partition coefficient (Wildman–Crippen LogP) is 5.28. The monoisotopic (exact) mass is 515 g/mol. The predicted molar refractivity (Wildman–Crippen MR) is 146 cm³/mol. The molecule has 0 atom stereocenters. The molecule has 0 spiro atoms. The molecule has 3 fully saturated rings. The van der Waals surface area contributed by atoms with Crippen molar-refractivity contribution in [3.05, 3.63) is 47.9 Å². The molecule has 0 unspecified atom stereocenters. The highest BCUT2D eigenvalue weighted by Gasteiger charge is 2.24. The van der Waals surface area contributed by atoms with Gasteiger partial charge in [-0.05, 0) is 49.7 Å². The van der Waals surface area contributed by atoms with Gasteiger partial charge in [0.2, 0.25) is 0 Å². The normalized spacial score (nSPS) is 18.9. The Morgan fingerprint density at radius 1 is 0.947 bits per heavy atom. The number of nitrogens with one attached hydrogen (secondary N) is 2. The average molecular weight is 516 g/mol. The Balaban J connectivity index is 1.29. The molecule has 3 aromatic rings. The van der Waals surface area contributed by atoms with Crippen LogP contribution < -0.4 is 10.6 Å². The first kappa shape index (κ1) is 25.0. The van der Waals surface area contributed by atoms with E-state index in [1.54, 1.807) is 0 Å². The Kier molecular flexibility index (Phi) is 7.40. The number of rotatable bonds is 9. The molecule has 2 aliphatic carbocycles. The summed E-state index contributed by atoms with van der Waals surface area (Å²) in [6, 6.07) is 7.93. The number of nitrogens with zero attached hydrogens (tertiary/aromatic N) is 3. The van der Waals surface area contributed by atoms with Crippen molar-refractivity contribution in [2.45, 2.75) is 70.3 Å². The van der Waals surface area contributed by atoms with Crippen LogP contribution in [0.3, 0.4) is 0 Å². The minimum absolute atomic E-state index is 0.0309. The number of ether oxygens (including phenoxy) is 1. The summed E-state index contributed by atoms with van der Waals surface area (Å²) in [5, 5.41) is 6.55. The zero-order valence-electron chi connectivity index (χ0n) is 22.0. The topological polar surface area (TPSA) is 97.6 Å². The van der Waals surface area contributed by atoms with Gasteiger partial charge in [0.1, 0.15) is 5.69 Å². The lowest BCUT2D eigenvalue weighted by Gasteiger charge is -2.23. The van der Waals surface area contributed by atoms with Crippen molar-refractivity contribution in [1.82, 2.24) is 19.7 Å². The van der Waals surface area contributed by atoms with Crippen LogP contribution in [0, 0.1) is 11.8 Å². The Morgan fingerprint density at radius 3 is 2.45 bits per heavy atom. The molecule has 200 valence electrons. The lowest BCUT2D eigenvalue weighted by Crippen LogP contribution is -2.25. The van der Waals surface area contributed by atoms with E-state index in [4.69, 9.17) is 14.7 Å².